The van der Waals surface area contributed by atoms with Crippen LogP contribution in [0, 0.1) is 0 Å². The molecule has 0 aliphatic carbocycles. The van der Waals surface area contributed by atoms with Gasteiger partial charge in [-0.05, 0) is 25.5 Å². The van der Waals surface area contributed by atoms with Gasteiger partial charge in [0.05, 0.1) is 13.1 Å². The van der Waals surface area contributed by atoms with Crippen molar-refractivity contribution in [2.75, 3.05) is 19.7 Å². The third-order valence-corrected chi connectivity index (χ3v) is 3.32. The average molecular weight is 278 g/mol. The van der Waals surface area contributed by atoms with Crippen LogP contribution < -0.4 is 20.1 Å². The van der Waals surface area contributed by atoms with Gasteiger partial charge in [0.2, 0.25) is 5.91 Å². The Morgan fingerprint density at radius 2 is 2.15 bits per heavy atom. The van der Waals surface area contributed by atoms with E-state index in [1.165, 1.54) is 0 Å². The standard InChI is InChI=1S/C15H22N2O3/c1-3-11(2)16-9-15(18)17-8-12-10-19-13-6-4-5-7-14(13)20-12/h4-7,11-12,16H,3,8-10H2,1-2H3,(H,17,18). The van der Waals surface area contributed by atoms with Crippen molar-refractivity contribution in [1.82, 2.24) is 10.6 Å². The summed E-state index contributed by atoms with van der Waals surface area (Å²) in [5, 5.41) is 6.01. The lowest BCUT2D eigenvalue weighted by Crippen LogP contribution is -2.44. The predicted octanol–water partition coefficient (Wildman–Crippen LogP) is 1.33. The van der Waals surface area contributed by atoms with Gasteiger partial charge < -0.3 is 20.1 Å². The second-order valence-electron chi connectivity index (χ2n) is 4.99. The van der Waals surface area contributed by atoms with Crippen molar-refractivity contribution < 1.29 is 14.3 Å². The molecule has 110 valence electrons. The van der Waals surface area contributed by atoms with E-state index in [0.29, 0.717) is 25.7 Å². The van der Waals surface area contributed by atoms with E-state index in [4.69, 9.17) is 9.47 Å². The molecule has 2 N–H and O–H groups in total. The zero-order valence-electron chi connectivity index (χ0n) is 12.0. The molecule has 0 radical (unpaired) electrons. The van der Waals surface area contributed by atoms with Crippen LogP contribution in [-0.4, -0.2) is 37.7 Å². The molecule has 1 aromatic rings. The fraction of sp³-hybridized carbons (Fsp3) is 0.533. The first kappa shape index (κ1) is 14.7. The third kappa shape index (κ3) is 4.13. The topological polar surface area (TPSA) is 59.6 Å². The minimum absolute atomic E-state index is 0.0206. The van der Waals surface area contributed by atoms with Crippen LogP contribution in [0.2, 0.25) is 0 Å². The van der Waals surface area contributed by atoms with E-state index in [-0.39, 0.29) is 12.0 Å². The van der Waals surface area contributed by atoms with E-state index in [0.717, 1.165) is 17.9 Å². The highest BCUT2D eigenvalue weighted by molar-refractivity contribution is 5.78. The maximum atomic E-state index is 11.7. The van der Waals surface area contributed by atoms with Gasteiger partial charge in [-0.3, -0.25) is 4.79 Å². The first-order valence-electron chi connectivity index (χ1n) is 7.07. The van der Waals surface area contributed by atoms with Gasteiger partial charge in [0.1, 0.15) is 12.7 Å². The largest absolute Gasteiger partial charge is 0.486 e. The number of benzene rings is 1. The first-order valence-corrected chi connectivity index (χ1v) is 7.07. The molecule has 20 heavy (non-hydrogen) atoms. The zero-order chi connectivity index (χ0) is 14.4. The summed E-state index contributed by atoms with van der Waals surface area (Å²) < 4.78 is 11.4. The van der Waals surface area contributed by atoms with E-state index in [1.807, 2.05) is 24.3 Å². The summed E-state index contributed by atoms with van der Waals surface area (Å²) in [5.74, 6) is 1.47. The molecule has 2 rings (SSSR count). The highest BCUT2D eigenvalue weighted by atomic mass is 16.6. The van der Waals surface area contributed by atoms with Crippen LogP contribution >= 0.6 is 0 Å². The number of para-hydroxylation sites is 2. The third-order valence-electron chi connectivity index (χ3n) is 3.32. The van der Waals surface area contributed by atoms with Crippen LogP contribution in [0.4, 0.5) is 0 Å². The molecule has 0 spiro atoms. The van der Waals surface area contributed by atoms with Crippen molar-refractivity contribution >= 4 is 5.91 Å². The quantitative estimate of drug-likeness (QED) is 0.824. The van der Waals surface area contributed by atoms with Gasteiger partial charge in [-0.2, -0.15) is 0 Å². The number of amides is 1. The van der Waals surface area contributed by atoms with E-state index < -0.39 is 0 Å². The summed E-state index contributed by atoms with van der Waals surface area (Å²) in [6, 6.07) is 7.90. The Balaban J connectivity index is 1.72. The fourth-order valence-electron chi connectivity index (χ4n) is 1.87. The Labute approximate surface area is 119 Å². The van der Waals surface area contributed by atoms with Crippen LogP contribution in [0.25, 0.3) is 0 Å². The fourth-order valence-corrected chi connectivity index (χ4v) is 1.87. The van der Waals surface area contributed by atoms with Gasteiger partial charge >= 0.3 is 0 Å². The normalized spacial score (nSPS) is 18.4. The van der Waals surface area contributed by atoms with Crippen LogP contribution in [0.1, 0.15) is 20.3 Å². The highest BCUT2D eigenvalue weighted by Crippen LogP contribution is 2.30. The first-order chi connectivity index (χ1) is 9.69. The zero-order valence-corrected chi connectivity index (χ0v) is 12.0. The summed E-state index contributed by atoms with van der Waals surface area (Å²) in [6.07, 6.45) is 0.862. The molecule has 0 bridgehead atoms. The molecule has 1 heterocycles. The van der Waals surface area contributed by atoms with Gasteiger partial charge in [0, 0.05) is 6.04 Å². The maximum absolute atomic E-state index is 11.7. The monoisotopic (exact) mass is 278 g/mol. The van der Waals surface area contributed by atoms with E-state index in [9.17, 15) is 4.79 Å². The lowest BCUT2D eigenvalue weighted by molar-refractivity contribution is -0.120. The predicted molar refractivity (Wildman–Crippen MR) is 77.1 cm³/mol. The van der Waals surface area contributed by atoms with E-state index in [1.54, 1.807) is 0 Å². The number of nitrogens with one attached hydrogen (secondary N) is 2. The summed E-state index contributed by atoms with van der Waals surface area (Å²) in [7, 11) is 0. The number of hydrogen-bond acceptors (Lipinski definition) is 4. The van der Waals surface area contributed by atoms with Gasteiger partial charge in [-0.25, -0.2) is 0 Å². The Morgan fingerprint density at radius 3 is 2.90 bits per heavy atom. The SMILES string of the molecule is CCC(C)NCC(=O)NCC1COc2ccccc2O1. The maximum Gasteiger partial charge on any atom is 0.234 e. The molecule has 2 atom stereocenters. The number of fused-ring (bicyclic) bond motifs is 1. The molecule has 0 saturated carbocycles. The molecular weight excluding hydrogens is 256 g/mol. The van der Waals surface area contributed by atoms with E-state index >= 15 is 0 Å². The average Bonchev–Trinajstić information content (AvgIpc) is 2.50. The van der Waals surface area contributed by atoms with Crippen LogP contribution in [0.3, 0.4) is 0 Å². The van der Waals surface area contributed by atoms with Gasteiger partial charge in [0.15, 0.2) is 11.5 Å². The molecule has 2 unspecified atom stereocenters. The molecule has 1 aliphatic heterocycles. The molecule has 1 amide bonds. The number of carbonyl (C=O) groups is 1. The smallest absolute Gasteiger partial charge is 0.234 e. The van der Waals surface area contributed by atoms with Gasteiger partial charge in [0.25, 0.3) is 0 Å². The Hall–Kier alpha value is -1.75. The Morgan fingerprint density at radius 1 is 1.40 bits per heavy atom. The second kappa shape index (κ2) is 7.14. The van der Waals surface area contributed by atoms with Crippen molar-refractivity contribution in [2.45, 2.75) is 32.4 Å². The summed E-state index contributed by atoms with van der Waals surface area (Å²) in [4.78, 5) is 11.7. The molecule has 0 aromatic heterocycles. The molecule has 5 heteroatoms. The van der Waals surface area contributed by atoms with Gasteiger partial charge in [-0.1, -0.05) is 19.1 Å². The molecule has 1 aliphatic rings. The lowest BCUT2D eigenvalue weighted by Gasteiger charge is -2.26. The molecule has 0 saturated heterocycles. The van der Waals surface area contributed by atoms with Gasteiger partial charge in [-0.15, -0.1) is 0 Å². The van der Waals surface area contributed by atoms with E-state index in [2.05, 4.69) is 24.5 Å². The molecule has 0 fully saturated rings. The van der Waals surface area contributed by atoms with Crippen molar-refractivity contribution in [3.05, 3.63) is 24.3 Å². The summed E-state index contributed by atoms with van der Waals surface area (Å²) in [5.41, 5.74) is 0. The van der Waals surface area contributed by atoms with Crippen molar-refractivity contribution in [1.29, 1.82) is 0 Å². The number of carbonyl (C=O) groups excluding carboxylic acids is 1. The minimum Gasteiger partial charge on any atom is -0.486 e. The van der Waals surface area contributed by atoms with Crippen molar-refractivity contribution in [3.8, 4) is 11.5 Å². The Kier molecular flexibility index (Phi) is 5.24. The molecule has 1 aromatic carbocycles. The van der Waals surface area contributed by atoms with Crippen molar-refractivity contribution in [3.63, 3.8) is 0 Å². The summed E-state index contributed by atoms with van der Waals surface area (Å²) >= 11 is 0. The minimum atomic E-state index is -0.141. The number of ether oxygens (including phenoxy) is 2. The van der Waals surface area contributed by atoms with Crippen LogP contribution in [0.15, 0.2) is 24.3 Å². The number of hydrogen-bond donors (Lipinski definition) is 2. The number of rotatable bonds is 6. The molecular formula is C15H22N2O3. The summed E-state index contributed by atoms with van der Waals surface area (Å²) in [6.45, 7) is 5.38. The highest BCUT2D eigenvalue weighted by Gasteiger charge is 2.20. The lowest BCUT2D eigenvalue weighted by atomic mass is 10.2. The Bertz CT molecular complexity index is 450. The second-order valence-corrected chi connectivity index (χ2v) is 4.99. The molecule has 5 nitrogen and oxygen atoms in total. The van der Waals surface area contributed by atoms with Crippen LogP contribution in [0.5, 0.6) is 11.5 Å². The van der Waals surface area contributed by atoms with Crippen LogP contribution in [-0.2, 0) is 4.79 Å². The van der Waals surface area contributed by atoms with Crippen molar-refractivity contribution in [2.24, 2.45) is 0 Å².